The summed E-state index contributed by atoms with van der Waals surface area (Å²) >= 11 is 0. The summed E-state index contributed by atoms with van der Waals surface area (Å²) in [4.78, 5) is 23.7. The second-order valence-corrected chi connectivity index (χ2v) is 6.83. The molecule has 1 aliphatic rings. The van der Waals surface area contributed by atoms with Crippen LogP contribution in [0.4, 0.5) is 0 Å². The van der Waals surface area contributed by atoms with Gasteiger partial charge < -0.3 is 14.9 Å². The monoisotopic (exact) mass is 348 g/mol. The number of unbranched alkanes of at least 4 members (excludes halogenated alkanes) is 4. The maximum atomic E-state index is 12.0. The largest absolute Gasteiger partial charge is 0.508 e. The normalized spacial score (nSPS) is 16.4. The molecule has 25 heavy (non-hydrogen) atoms. The minimum Gasteiger partial charge on any atom is -0.508 e. The van der Waals surface area contributed by atoms with Crippen LogP contribution in [0.2, 0.25) is 0 Å². The summed E-state index contributed by atoms with van der Waals surface area (Å²) in [5, 5.41) is 19.3. The van der Waals surface area contributed by atoms with Crippen molar-refractivity contribution in [3.05, 3.63) is 23.3 Å². The minimum absolute atomic E-state index is 0.0497. The number of rotatable bonds is 10. The molecule has 0 amide bonds. The second kappa shape index (κ2) is 9.44. The lowest BCUT2D eigenvalue weighted by Crippen LogP contribution is -2.27. The Hall–Kier alpha value is -2.04. The summed E-state index contributed by atoms with van der Waals surface area (Å²) in [6, 6.07) is 2.66. The highest BCUT2D eigenvalue weighted by atomic mass is 16.5. The van der Waals surface area contributed by atoms with E-state index < -0.39 is 5.97 Å². The van der Waals surface area contributed by atoms with E-state index in [1.165, 1.54) is 6.07 Å². The molecule has 1 aromatic rings. The van der Waals surface area contributed by atoms with Crippen molar-refractivity contribution in [3.8, 4) is 11.5 Å². The number of fused-ring (bicyclic) bond motifs is 1. The second-order valence-electron chi connectivity index (χ2n) is 6.83. The van der Waals surface area contributed by atoms with E-state index in [4.69, 9.17) is 4.74 Å². The van der Waals surface area contributed by atoms with Gasteiger partial charge in [0.05, 0.1) is 0 Å². The van der Waals surface area contributed by atoms with Gasteiger partial charge in [-0.1, -0.05) is 26.2 Å². The molecule has 2 N–H and O–H groups in total. The number of benzene rings is 1. The van der Waals surface area contributed by atoms with E-state index in [0.717, 1.165) is 51.0 Å². The molecular weight excluding hydrogens is 320 g/mol. The standard InChI is InChI=1S/C20H28O5/c1-2-3-5-8-15(21)9-6-4-7-10-17-12-14-11-16(22)13-18(23)19(14)20(24)25-17/h11,13,17,22-23H,2-10,12H2,1H3/t17-/m1/s1. The predicted octanol–water partition coefficient (Wildman–Crippen LogP) is 4.28. The lowest BCUT2D eigenvalue weighted by atomic mass is 9.94. The summed E-state index contributed by atoms with van der Waals surface area (Å²) in [5.41, 5.74) is 0.788. The Labute approximate surface area is 149 Å². The Balaban J connectivity index is 1.70. The van der Waals surface area contributed by atoms with Crippen molar-refractivity contribution >= 4 is 11.8 Å². The Morgan fingerprint density at radius 3 is 2.56 bits per heavy atom. The van der Waals surface area contributed by atoms with Crippen LogP contribution in [0.3, 0.4) is 0 Å². The number of cyclic esters (lactones) is 1. The van der Waals surface area contributed by atoms with E-state index in [2.05, 4.69) is 6.92 Å². The molecule has 0 saturated carbocycles. The number of ether oxygens (including phenoxy) is 1. The Morgan fingerprint density at radius 1 is 1.12 bits per heavy atom. The zero-order chi connectivity index (χ0) is 18.2. The first-order valence-corrected chi connectivity index (χ1v) is 9.28. The number of Topliss-reactive ketones (excluding diaryl/α,β-unsaturated/α-hetero) is 1. The average molecular weight is 348 g/mol. The molecule has 0 spiro atoms. The van der Waals surface area contributed by atoms with E-state index in [-0.39, 0.29) is 23.2 Å². The smallest absolute Gasteiger partial charge is 0.342 e. The molecule has 0 saturated heterocycles. The molecule has 5 nitrogen and oxygen atoms in total. The van der Waals surface area contributed by atoms with Crippen LogP contribution in [0.5, 0.6) is 11.5 Å². The molecule has 0 aromatic heterocycles. The van der Waals surface area contributed by atoms with Gasteiger partial charge in [0.2, 0.25) is 0 Å². The first kappa shape index (κ1) is 19.3. The summed E-state index contributed by atoms with van der Waals surface area (Å²) in [7, 11) is 0. The van der Waals surface area contributed by atoms with Crippen LogP contribution >= 0.6 is 0 Å². The molecule has 1 aromatic carbocycles. The van der Waals surface area contributed by atoms with Gasteiger partial charge in [-0.3, -0.25) is 4.79 Å². The molecule has 138 valence electrons. The van der Waals surface area contributed by atoms with Gasteiger partial charge >= 0.3 is 5.97 Å². The van der Waals surface area contributed by atoms with Crippen molar-refractivity contribution in [2.45, 2.75) is 77.2 Å². The fraction of sp³-hybridized carbons (Fsp3) is 0.600. The average Bonchev–Trinajstić information content (AvgIpc) is 2.53. The van der Waals surface area contributed by atoms with Crippen molar-refractivity contribution in [1.29, 1.82) is 0 Å². The molecule has 0 aliphatic carbocycles. The van der Waals surface area contributed by atoms with Crippen molar-refractivity contribution in [2.24, 2.45) is 0 Å². The van der Waals surface area contributed by atoms with Crippen molar-refractivity contribution in [2.75, 3.05) is 0 Å². The number of esters is 1. The Bertz CT molecular complexity index is 608. The van der Waals surface area contributed by atoms with Gasteiger partial charge in [-0.15, -0.1) is 0 Å². The van der Waals surface area contributed by atoms with Gasteiger partial charge in [0.15, 0.2) is 0 Å². The number of phenolic OH excluding ortho intramolecular Hbond substituents is 2. The molecule has 0 bridgehead atoms. The van der Waals surface area contributed by atoms with Crippen LogP contribution in [0, 0.1) is 0 Å². The summed E-state index contributed by atoms with van der Waals surface area (Å²) in [6.07, 6.45) is 8.27. The third-order valence-electron chi connectivity index (χ3n) is 4.65. The van der Waals surface area contributed by atoms with Gasteiger partial charge in [-0.05, 0) is 37.3 Å². The molecule has 2 rings (SSSR count). The summed E-state index contributed by atoms with van der Waals surface area (Å²) in [5.74, 6) is -0.474. The fourth-order valence-electron chi connectivity index (χ4n) is 3.29. The van der Waals surface area contributed by atoms with Crippen LogP contribution in [0.15, 0.2) is 12.1 Å². The van der Waals surface area contributed by atoms with Crippen molar-refractivity contribution in [3.63, 3.8) is 0 Å². The molecule has 0 unspecified atom stereocenters. The number of ketones is 1. The number of phenols is 2. The van der Waals surface area contributed by atoms with Crippen LogP contribution < -0.4 is 0 Å². The number of hydrogen-bond donors (Lipinski definition) is 2. The van der Waals surface area contributed by atoms with Gasteiger partial charge in [-0.2, -0.15) is 0 Å². The first-order chi connectivity index (χ1) is 12.0. The highest BCUT2D eigenvalue weighted by Gasteiger charge is 2.29. The highest BCUT2D eigenvalue weighted by molar-refractivity contribution is 5.95. The SMILES string of the molecule is CCCCCC(=O)CCCCC[C@@H]1Cc2cc(O)cc(O)c2C(=O)O1. The number of aromatic hydroxyl groups is 2. The zero-order valence-electron chi connectivity index (χ0n) is 14.9. The topological polar surface area (TPSA) is 83.8 Å². The Kier molecular flexibility index (Phi) is 7.29. The molecule has 0 radical (unpaired) electrons. The van der Waals surface area contributed by atoms with Crippen LogP contribution in [0.25, 0.3) is 0 Å². The maximum absolute atomic E-state index is 12.0. The van der Waals surface area contributed by atoms with Crippen LogP contribution in [-0.4, -0.2) is 28.1 Å². The molecule has 0 fully saturated rings. The van der Waals surface area contributed by atoms with Gasteiger partial charge in [0.25, 0.3) is 0 Å². The lowest BCUT2D eigenvalue weighted by molar-refractivity contribution is -0.119. The molecule has 1 heterocycles. The van der Waals surface area contributed by atoms with Gasteiger partial charge in [0.1, 0.15) is 28.9 Å². The fourth-order valence-corrected chi connectivity index (χ4v) is 3.29. The Morgan fingerprint density at radius 2 is 1.84 bits per heavy atom. The van der Waals surface area contributed by atoms with E-state index in [9.17, 15) is 19.8 Å². The van der Waals surface area contributed by atoms with E-state index in [0.29, 0.717) is 30.6 Å². The summed E-state index contributed by atoms with van der Waals surface area (Å²) in [6.45, 7) is 2.13. The number of carbonyl (C=O) groups excluding carboxylic acids is 2. The third kappa shape index (κ3) is 5.76. The number of carbonyl (C=O) groups is 2. The zero-order valence-corrected chi connectivity index (χ0v) is 14.9. The minimum atomic E-state index is -0.533. The van der Waals surface area contributed by atoms with Gasteiger partial charge in [0, 0.05) is 25.3 Å². The van der Waals surface area contributed by atoms with Crippen LogP contribution in [0.1, 0.15) is 80.6 Å². The van der Waals surface area contributed by atoms with Crippen molar-refractivity contribution in [1.82, 2.24) is 0 Å². The van der Waals surface area contributed by atoms with E-state index in [1.54, 1.807) is 0 Å². The maximum Gasteiger partial charge on any atom is 0.342 e. The number of hydrogen-bond acceptors (Lipinski definition) is 5. The molecule has 5 heteroatoms. The van der Waals surface area contributed by atoms with E-state index in [1.807, 2.05) is 0 Å². The lowest BCUT2D eigenvalue weighted by Gasteiger charge is -2.25. The molecular formula is C20H28O5. The molecule has 1 atom stereocenters. The predicted molar refractivity (Wildman–Crippen MR) is 94.9 cm³/mol. The first-order valence-electron chi connectivity index (χ1n) is 9.28. The highest BCUT2D eigenvalue weighted by Crippen LogP contribution is 2.33. The summed E-state index contributed by atoms with van der Waals surface area (Å²) < 4.78 is 5.38. The van der Waals surface area contributed by atoms with Crippen molar-refractivity contribution < 1.29 is 24.5 Å². The molecule has 1 aliphatic heterocycles. The van der Waals surface area contributed by atoms with Gasteiger partial charge in [-0.25, -0.2) is 4.79 Å². The third-order valence-corrected chi connectivity index (χ3v) is 4.65. The van der Waals surface area contributed by atoms with E-state index >= 15 is 0 Å². The quantitative estimate of drug-likeness (QED) is 0.487. The van der Waals surface area contributed by atoms with Crippen LogP contribution in [-0.2, 0) is 16.0 Å².